The van der Waals surface area contributed by atoms with Gasteiger partial charge in [-0.1, -0.05) is 54.1 Å². The molecular formula is C34H39FN4O4. The first-order chi connectivity index (χ1) is 20.8. The molecule has 1 heterocycles. The van der Waals surface area contributed by atoms with E-state index in [1.165, 1.54) is 13.2 Å². The van der Waals surface area contributed by atoms with Gasteiger partial charge in [-0.05, 0) is 67.5 Å². The van der Waals surface area contributed by atoms with Crippen molar-refractivity contribution in [2.24, 2.45) is 5.92 Å². The van der Waals surface area contributed by atoms with Crippen LogP contribution in [0.3, 0.4) is 0 Å². The summed E-state index contributed by atoms with van der Waals surface area (Å²) in [4.78, 5) is 27.0. The molecule has 1 unspecified atom stereocenters. The van der Waals surface area contributed by atoms with E-state index in [1.54, 1.807) is 29.2 Å². The number of hydrogen-bond donors (Lipinski definition) is 3. The summed E-state index contributed by atoms with van der Waals surface area (Å²) in [7, 11) is 1.29. The predicted octanol–water partition coefficient (Wildman–Crippen LogP) is 5.29. The molecule has 1 fully saturated rings. The quantitative estimate of drug-likeness (QED) is 0.208. The fourth-order valence-corrected chi connectivity index (χ4v) is 5.92. The number of nitriles is 1. The summed E-state index contributed by atoms with van der Waals surface area (Å²) in [5.74, 6) is -0.931. The second-order valence-corrected chi connectivity index (χ2v) is 11.0. The van der Waals surface area contributed by atoms with E-state index in [1.807, 2.05) is 49.4 Å². The van der Waals surface area contributed by atoms with Crippen LogP contribution < -0.4 is 10.6 Å². The Labute approximate surface area is 252 Å². The van der Waals surface area contributed by atoms with Gasteiger partial charge in [0.05, 0.1) is 25.3 Å². The second kappa shape index (κ2) is 14.8. The molecule has 226 valence electrons. The number of piperidine rings is 1. The Morgan fingerprint density at radius 3 is 2.65 bits per heavy atom. The molecule has 43 heavy (non-hydrogen) atoms. The number of benzene rings is 3. The van der Waals surface area contributed by atoms with Crippen molar-refractivity contribution < 1.29 is 23.8 Å². The molecule has 1 aliphatic rings. The van der Waals surface area contributed by atoms with Gasteiger partial charge in [0.15, 0.2) is 0 Å². The number of nitrogens with one attached hydrogen (secondary N) is 2. The van der Waals surface area contributed by atoms with Crippen molar-refractivity contribution in [1.29, 1.82) is 5.26 Å². The van der Waals surface area contributed by atoms with Gasteiger partial charge in [0, 0.05) is 43.2 Å². The average molecular weight is 587 g/mol. The van der Waals surface area contributed by atoms with E-state index in [-0.39, 0.29) is 31.3 Å². The molecule has 1 aliphatic heterocycles. The molecule has 0 aliphatic carbocycles. The summed E-state index contributed by atoms with van der Waals surface area (Å²) in [6.45, 7) is 3.84. The van der Waals surface area contributed by atoms with Gasteiger partial charge in [0.2, 0.25) is 0 Å². The van der Waals surface area contributed by atoms with Crippen LogP contribution in [0.2, 0.25) is 0 Å². The van der Waals surface area contributed by atoms with Crippen molar-refractivity contribution in [2.45, 2.75) is 44.8 Å². The molecule has 3 N–H and O–H groups in total. The van der Waals surface area contributed by atoms with Gasteiger partial charge in [-0.25, -0.2) is 9.18 Å². The highest BCUT2D eigenvalue weighted by molar-refractivity contribution is 5.94. The number of carbonyl (C=O) groups excluding carboxylic acids is 2. The third-order valence-electron chi connectivity index (χ3n) is 8.09. The largest absolute Gasteiger partial charge is 0.453 e. The minimum Gasteiger partial charge on any atom is -0.453 e. The number of rotatable bonds is 11. The van der Waals surface area contributed by atoms with Gasteiger partial charge < -0.3 is 25.4 Å². The Kier molecular flexibility index (Phi) is 10.9. The van der Waals surface area contributed by atoms with Crippen molar-refractivity contribution >= 4 is 12.0 Å². The monoisotopic (exact) mass is 586 g/mol. The fourth-order valence-electron chi connectivity index (χ4n) is 5.92. The topological polar surface area (TPSA) is 115 Å². The highest BCUT2D eigenvalue weighted by Crippen LogP contribution is 2.44. The number of likely N-dealkylation sites (tertiary alicyclic amines) is 1. The normalized spacial score (nSPS) is 16.2. The molecule has 0 bridgehead atoms. The highest BCUT2D eigenvalue weighted by atomic mass is 19.1. The highest BCUT2D eigenvalue weighted by Gasteiger charge is 2.43. The lowest BCUT2D eigenvalue weighted by Crippen LogP contribution is -2.48. The van der Waals surface area contributed by atoms with E-state index in [0.717, 1.165) is 11.1 Å². The summed E-state index contributed by atoms with van der Waals surface area (Å²) >= 11 is 0. The Balaban J connectivity index is 1.63. The fraction of sp³-hybridized carbons (Fsp3) is 0.382. The number of carbonyl (C=O) groups is 2. The predicted molar refractivity (Wildman–Crippen MR) is 163 cm³/mol. The molecule has 1 saturated heterocycles. The van der Waals surface area contributed by atoms with Crippen LogP contribution in [0.15, 0.2) is 66.7 Å². The lowest BCUT2D eigenvalue weighted by Gasteiger charge is -2.43. The molecule has 0 saturated carbocycles. The first kappa shape index (κ1) is 31.7. The van der Waals surface area contributed by atoms with Crippen LogP contribution in [0.25, 0.3) is 11.1 Å². The van der Waals surface area contributed by atoms with E-state index in [0.29, 0.717) is 61.2 Å². The number of hydrogen-bond acceptors (Lipinski definition) is 6. The summed E-state index contributed by atoms with van der Waals surface area (Å²) in [6, 6.07) is 21.7. The van der Waals surface area contributed by atoms with E-state index in [2.05, 4.69) is 15.4 Å². The molecule has 8 nitrogen and oxygen atoms in total. The number of methoxy groups -OCH3 is 1. The number of aryl methyl sites for hydroxylation is 1. The van der Waals surface area contributed by atoms with E-state index in [9.17, 15) is 14.7 Å². The summed E-state index contributed by atoms with van der Waals surface area (Å²) in [5.41, 5.74) is 2.50. The third-order valence-corrected chi connectivity index (χ3v) is 8.09. The number of nitrogens with zero attached hydrogens (tertiary/aromatic N) is 2. The number of amides is 2. The minimum absolute atomic E-state index is 0.130. The van der Waals surface area contributed by atoms with Gasteiger partial charge in [0.25, 0.3) is 5.91 Å². The van der Waals surface area contributed by atoms with Gasteiger partial charge in [-0.15, -0.1) is 0 Å². The van der Waals surface area contributed by atoms with Crippen LogP contribution >= 0.6 is 0 Å². The van der Waals surface area contributed by atoms with Crippen LogP contribution in [0.4, 0.5) is 9.18 Å². The Bertz CT molecular complexity index is 1460. The van der Waals surface area contributed by atoms with E-state index < -0.39 is 17.5 Å². The van der Waals surface area contributed by atoms with Crippen LogP contribution in [0.5, 0.6) is 0 Å². The SMILES string of the molecule is COC(=O)NCCCC(O)(c1cccc(F)c1-c1cccc(C)c1)[C@@H]1CCCN(C(=O)c2ccc(CNCC#N)cc2)C1. The zero-order chi connectivity index (χ0) is 30.8. The lowest BCUT2D eigenvalue weighted by molar-refractivity contribution is -0.0564. The van der Waals surface area contributed by atoms with Crippen molar-refractivity contribution in [3.05, 3.63) is 94.8 Å². The zero-order valence-corrected chi connectivity index (χ0v) is 24.7. The molecule has 0 aromatic heterocycles. The Morgan fingerprint density at radius 1 is 1.16 bits per heavy atom. The number of ether oxygens (including phenoxy) is 1. The number of alkyl carbamates (subject to hydrolysis) is 1. The smallest absolute Gasteiger partial charge is 0.406 e. The Morgan fingerprint density at radius 2 is 1.93 bits per heavy atom. The molecule has 2 amide bonds. The summed E-state index contributed by atoms with van der Waals surface area (Å²) in [6.07, 6.45) is 1.44. The van der Waals surface area contributed by atoms with Crippen LogP contribution in [0, 0.1) is 30.0 Å². The maximum atomic E-state index is 15.6. The molecule has 0 radical (unpaired) electrons. The minimum atomic E-state index is -1.48. The van der Waals surface area contributed by atoms with Gasteiger partial charge in [-0.2, -0.15) is 5.26 Å². The number of aliphatic hydroxyl groups is 1. The number of halogens is 1. The maximum absolute atomic E-state index is 15.6. The van der Waals surface area contributed by atoms with Crippen molar-refractivity contribution in [1.82, 2.24) is 15.5 Å². The van der Waals surface area contributed by atoms with Crippen molar-refractivity contribution in [3.8, 4) is 17.2 Å². The molecule has 4 rings (SSSR count). The van der Waals surface area contributed by atoms with Crippen LogP contribution in [-0.4, -0.2) is 55.3 Å². The molecule has 2 atom stereocenters. The molecule has 3 aromatic rings. The standard InChI is InChI=1S/C34H39FN4O4/c1-24-7-3-8-27(21-24)31-29(10-4-11-30(31)35)34(42,16-6-18-38-33(41)43-2)28-9-5-20-39(23-28)32(40)26-14-12-25(13-15-26)22-37-19-17-36/h3-4,7-8,10-15,21,28,37,42H,5-6,9,16,18-20,22-23H2,1-2H3,(H,38,41)/t28-,34?/m1/s1. The molecule has 0 spiro atoms. The molecular weight excluding hydrogens is 547 g/mol. The first-order valence-corrected chi connectivity index (χ1v) is 14.6. The summed E-state index contributed by atoms with van der Waals surface area (Å²) < 4.78 is 20.3. The maximum Gasteiger partial charge on any atom is 0.406 e. The van der Waals surface area contributed by atoms with E-state index in [4.69, 9.17) is 5.26 Å². The first-order valence-electron chi connectivity index (χ1n) is 14.6. The lowest BCUT2D eigenvalue weighted by atomic mass is 9.72. The van der Waals surface area contributed by atoms with Gasteiger partial charge in [0.1, 0.15) is 5.82 Å². The van der Waals surface area contributed by atoms with Gasteiger partial charge in [-0.3, -0.25) is 4.79 Å². The third kappa shape index (κ3) is 7.78. The average Bonchev–Trinajstić information content (AvgIpc) is 3.03. The van der Waals surface area contributed by atoms with E-state index >= 15 is 4.39 Å². The second-order valence-electron chi connectivity index (χ2n) is 11.0. The zero-order valence-electron chi connectivity index (χ0n) is 24.7. The summed E-state index contributed by atoms with van der Waals surface area (Å²) in [5, 5.41) is 27.0. The Hall–Kier alpha value is -4.26. The van der Waals surface area contributed by atoms with Crippen molar-refractivity contribution in [3.63, 3.8) is 0 Å². The van der Waals surface area contributed by atoms with Gasteiger partial charge >= 0.3 is 6.09 Å². The van der Waals surface area contributed by atoms with Crippen molar-refractivity contribution in [2.75, 3.05) is 33.3 Å². The molecule has 3 aromatic carbocycles. The molecule has 9 heteroatoms. The van der Waals surface area contributed by atoms with Crippen LogP contribution in [0.1, 0.15) is 52.7 Å². The van der Waals surface area contributed by atoms with Crippen LogP contribution in [-0.2, 0) is 16.9 Å².